The maximum absolute atomic E-state index is 13.0. The standard InChI is InChI=1S/C29H22BrNO4S/c1-34-26-15-20(9-13-25(26)35-18-19-7-11-24(30)12-8-19)16-27-28(32)31(29(33)36-27)17-21-6-10-22-4-2-3-5-23(22)14-21/h2-16H,17-18H2,1H3/b27-16-. The summed E-state index contributed by atoms with van der Waals surface area (Å²) < 4.78 is 12.5. The van der Waals surface area contributed by atoms with Gasteiger partial charge in [0.15, 0.2) is 11.5 Å². The lowest BCUT2D eigenvalue weighted by atomic mass is 10.1. The van der Waals surface area contributed by atoms with E-state index in [1.165, 1.54) is 4.90 Å². The van der Waals surface area contributed by atoms with E-state index in [0.717, 1.165) is 43.7 Å². The number of hydrogen-bond acceptors (Lipinski definition) is 5. The van der Waals surface area contributed by atoms with E-state index in [4.69, 9.17) is 9.47 Å². The zero-order valence-electron chi connectivity index (χ0n) is 19.4. The summed E-state index contributed by atoms with van der Waals surface area (Å²) in [6.45, 7) is 0.635. The van der Waals surface area contributed by atoms with Gasteiger partial charge < -0.3 is 9.47 Å². The molecule has 0 atom stereocenters. The molecule has 7 heteroatoms. The van der Waals surface area contributed by atoms with Gasteiger partial charge in [-0.2, -0.15) is 0 Å². The summed E-state index contributed by atoms with van der Waals surface area (Å²) in [5.74, 6) is 0.853. The monoisotopic (exact) mass is 559 g/mol. The third-order valence-electron chi connectivity index (χ3n) is 5.82. The molecule has 2 amide bonds. The number of halogens is 1. The Morgan fingerprint density at radius 3 is 2.39 bits per heavy atom. The number of ether oxygens (including phenoxy) is 2. The number of fused-ring (bicyclic) bond motifs is 1. The van der Waals surface area contributed by atoms with Crippen molar-refractivity contribution in [3.8, 4) is 11.5 Å². The minimum Gasteiger partial charge on any atom is -0.493 e. The summed E-state index contributed by atoms with van der Waals surface area (Å²) in [4.78, 5) is 27.4. The highest BCUT2D eigenvalue weighted by Gasteiger charge is 2.35. The predicted molar refractivity (Wildman–Crippen MR) is 147 cm³/mol. The zero-order chi connectivity index (χ0) is 25.1. The smallest absolute Gasteiger partial charge is 0.293 e. The van der Waals surface area contributed by atoms with Crippen LogP contribution >= 0.6 is 27.7 Å². The molecule has 1 fully saturated rings. The second-order valence-electron chi connectivity index (χ2n) is 8.27. The molecule has 1 aliphatic heterocycles. The zero-order valence-corrected chi connectivity index (χ0v) is 21.8. The number of thioether (sulfide) groups is 1. The fourth-order valence-corrected chi connectivity index (χ4v) is 5.04. The topological polar surface area (TPSA) is 55.8 Å². The molecule has 1 heterocycles. The van der Waals surface area contributed by atoms with Crippen molar-refractivity contribution in [3.63, 3.8) is 0 Å². The van der Waals surface area contributed by atoms with Gasteiger partial charge in [-0.25, -0.2) is 0 Å². The molecule has 36 heavy (non-hydrogen) atoms. The van der Waals surface area contributed by atoms with Crippen molar-refractivity contribution in [1.82, 2.24) is 4.90 Å². The molecule has 1 aliphatic rings. The highest BCUT2D eigenvalue weighted by molar-refractivity contribution is 9.10. The average molecular weight is 560 g/mol. The Labute approximate surface area is 221 Å². The molecule has 0 spiro atoms. The van der Waals surface area contributed by atoms with E-state index in [9.17, 15) is 9.59 Å². The summed E-state index contributed by atoms with van der Waals surface area (Å²) >= 11 is 4.38. The fourth-order valence-electron chi connectivity index (χ4n) is 3.94. The highest BCUT2D eigenvalue weighted by atomic mass is 79.9. The molecule has 5 rings (SSSR count). The average Bonchev–Trinajstić information content (AvgIpc) is 3.16. The Balaban J connectivity index is 1.30. The molecule has 5 nitrogen and oxygen atoms in total. The molecule has 0 N–H and O–H groups in total. The van der Waals surface area contributed by atoms with E-state index in [2.05, 4.69) is 15.9 Å². The SMILES string of the molecule is COc1cc(/C=C2\SC(=O)N(Cc3ccc4ccccc4c3)C2=O)ccc1OCc1ccc(Br)cc1. The molecule has 0 aliphatic carbocycles. The van der Waals surface area contributed by atoms with Gasteiger partial charge in [-0.1, -0.05) is 70.5 Å². The molecule has 0 radical (unpaired) electrons. The Kier molecular flexibility index (Phi) is 7.11. The van der Waals surface area contributed by atoms with Crippen LogP contribution in [0.5, 0.6) is 11.5 Å². The third kappa shape index (κ3) is 5.32. The second-order valence-corrected chi connectivity index (χ2v) is 10.2. The summed E-state index contributed by atoms with van der Waals surface area (Å²) in [5.41, 5.74) is 2.69. The summed E-state index contributed by atoms with van der Waals surface area (Å²) in [6.07, 6.45) is 1.71. The quantitative estimate of drug-likeness (QED) is 0.220. The van der Waals surface area contributed by atoms with Crippen LogP contribution in [0.1, 0.15) is 16.7 Å². The van der Waals surface area contributed by atoms with E-state index < -0.39 is 0 Å². The van der Waals surface area contributed by atoms with Crippen LogP contribution in [-0.2, 0) is 17.9 Å². The van der Waals surface area contributed by atoms with Gasteiger partial charge in [-0.3, -0.25) is 14.5 Å². The maximum Gasteiger partial charge on any atom is 0.293 e. The highest BCUT2D eigenvalue weighted by Crippen LogP contribution is 2.35. The van der Waals surface area contributed by atoms with Crippen LogP contribution < -0.4 is 9.47 Å². The molecule has 180 valence electrons. The summed E-state index contributed by atoms with van der Waals surface area (Å²) in [5, 5.41) is 1.92. The van der Waals surface area contributed by atoms with Gasteiger partial charge in [0.05, 0.1) is 18.6 Å². The molecule has 4 aromatic rings. The van der Waals surface area contributed by atoms with Crippen LogP contribution in [0, 0.1) is 0 Å². The predicted octanol–water partition coefficient (Wildman–Crippen LogP) is 7.43. The van der Waals surface area contributed by atoms with E-state index in [0.29, 0.717) is 23.0 Å². The van der Waals surface area contributed by atoms with E-state index in [1.54, 1.807) is 19.3 Å². The molecule has 0 aromatic heterocycles. The van der Waals surface area contributed by atoms with Gasteiger partial charge in [-0.15, -0.1) is 0 Å². The van der Waals surface area contributed by atoms with Crippen LogP contribution in [0.3, 0.4) is 0 Å². The first kappa shape index (κ1) is 24.2. The molecular weight excluding hydrogens is 538 g/mol. The van der Waals surface area contributed by atoms with Crippen molar-refractivity contribution in [3.05, 3.63) is 111 Å². The Bertz CT molecular complexity index is 1480. The lowest BCUT2D eigenvalue weighted by Gasteiger charge is -2.13. The number of hydrogen-bond donors (Lipinski definition) is 0. The van der Waals surface area contributed by atoms with Gasteiger partial charge in [0, 0.05) is 4.47 Å². The number of nitrogens with zero attached hydrogens (tertiary/aromatic N) is 1. The number of carbonyl (C=O) groups is 2. The van der Waals surface area contributed by atoms with Crippen molar-refractivity contribution >= 4 is 55.7 Å². The van der Waals surface area contributed by atoms with Gasteiger partial charge >= 0.3 is 0 Å². The third-order valence-corrected chi connectivity index (χ3v) is 7.26. The maximum atomic E-state index is 13.0. The lowest BCUT2D eigenvalue weighted by molar-refractivity contribution is -0.123. The Hall–Kier alpha value is -3.55. The van der Waals surface area contributed by atoms with Crippen LogP contribution in [0.4, 0.5) is 4.79 Å². The van der Waals surface area contributed by atoms with Crippen molar-refractivity contribution < 1.29 is 19.1 Å². The largest absolute Gasteiger partial charge is 0.493 e. The normalized spacial score (nSPS) is 14.6. The first-order valence-electron chi connectivity index (χ1n) is 11.3. The molecule has 0 bridgehead atoms. The van der Waals surface area contributed by atoms with Crippen LogP contribution in [-0.4, -0.2) is 23.2 Å². The van der Waals surface area contributed by atoms with Crippen LogP contribution in [0.2, 0.25) is 0 Å². The Morgan fingerprint density at radius 2 is 1.61 bits per heavy atom. The first-order valence-corrected chi connectivity index (χ1v) is 12.9. The van der Waals surface area contributed by atoms with Gasteiger partial charge in [0.2, 0.25) is 0 Å². The molecular formula is C29H22BrNO4S. The summed E-state index contributed by atoms with van der Waals surface area (Å²) in [7, 11) is 1.57. The number of methoxy groups -OCH3 is 1. The number of benzene rings is 4. The first-order chi connectivity index (χ1) is 17.5. The van der Waals surface area contributed by atoms with Crippen molar-refractivity contribution in [1.29, 1.82) is 0 Å². The van der Waals surface area contributed by atoms with Gasteiger partial charge in [0.1, 0.15) is 6.61 Å². The molecule has 4 aromatic carbocycles. The summed E-state index contributed by atoms with van der Waals surface area (Å²) in [6, 6.07) is 27.3. The number of carbonyl (C=O) groups excluding carboxylic acids is 2. The number of imide groups is 1. The Morgan fingerprint density at radius 1 is 0.861 bits per heavy atom. The van der Waals surface area contributed by atoms with Crippen LogP contribution in [0.25, 0.3) is 16.8 Å². The lowest BCUT2D eigenvalue weighted by Crippen LogP contribution is -2.27. The molecule has 0 unspecified atom stereocenters. The van der Waals surface area contributed by atoms with Crippen molar-refractivity contribution in [2.75, 3.05) is 7.11 Å². The van der Waals surface area contributed by atoms with Crippen LogP contribution in [0.15, 0.2) is 94.3 Å². The van der Waals surface area contributed by atoms with Gasteiger partial charge in [-0.05, 0) is 75.6 Å². The van der Waals surface area contributed by atoms with E-state index in [-0.39, 0.29) is 17.7 Å². The minimum absolute atomic E-state index is 0.235. The minimum atomic E-state index is -0.298. The van der Waals surface area contributed by atoms with Crippen molar-refractivity contribution in [2.24, 2.45) is 0 Å². The van der Waals surface area contributed by atoms with E-state index in [1.807, 2.05) is 78.9 Å². The molecule has 1 saturated heterocycles. The molecule has 0 saturated carbocycles. The number of amides is 2. The van der Waals surface area contributed by atoms with E-state index >= 15 is 0 Å². The number of rotatable bonds is 7. The van der Waals surface area contributed by atoms with Crippen molar-refractivity contribution in [2.45, 2.75) is 13.2 Å². The fraction of sp³-hybridized carbons (Fsp3) is 0.103. The second kappa shape index (κ2) is 10.6. The van der Waals surface area contributed by atoms with Gasteiger partial charge in [0.25, 0.3) is 11.1 Å².